The van der Waals surface area contributed by atoms with Crippen LogP contribution in [0.5, 0.6) is 5.75 Å². The van der Waals surface area contributed by atoms with Gasteiger partial charge < -0.3 is 9.08 Å². The average Bonchev–Trinajstić information content (AvgIpc) is 2.25. The van der Waals surface area contributed by atoms with E-state index in [0.717, 1.165) is 5.56 Å². The van der Waals surface area contributed by atoms with E-state index in [9.17, 15) is 21.6 Å². The first kappa shape index (κ1) is 17.6. The van der Waals surface area contributed by atoms with Crippen molar-refractivity contribution in [2.24, 2.45) is 0 Å². The molecule has 0 amide bonds. The molecule has 4 nitrogen and oxygen atoms in total. The van der Waals surface area contributed by atoms with E-state index in [-0.39, 0.29) is 16.9 Å². The molecule has 0 unspecified atom stereocenters. The monoisotopic (exact) mass is 325 g/mol. The highest BCUT2D eigenvalue weighted by Crippen LogP contribution is 2.36. The molecule has 1 aromatic rings. The van der Waals surface area contributed by atoms with Crippen molar-refractivity contribution in [2.45, 2.75) is 31.7 Å². The maximum Gasteiger partial charge on any atom is 0.534 e. The van der Waals surface area contributed by atoms with Crippen LogP contribution < -0.4 is 9.08 Å². The van der Waals surface area contributed by atoms with E-state index in [4.69, 9.17) is 0 Å². The van der Waals surface area contributed by atoms with Crippen molar-refractivity contribution in [1.29, 1.82) is 0 Å². The van der Waals surface area contributed by atoms with Crippen molar-refractivity contribution in [2.75, 3.05) is 19.0 Å². The Bertz CT molecular complexity index is 617. The van der Waals surface area contributed by atoms with Gasteiger partial charge in [-0.3, -0.25) is 0 Å². The van der Waals surface area contributed by atoms with Gasteiger partial charge in [0.1, 0.15) is 0 Å². The SMILES string of the molecule is CN(C)c1cc(C(C)(C)C)ccc1OS(=O)(=O)C(F)(F)F. The van der Waals surface area contributed by atoms with Crippen LogP contribution in [0.2, 0.25) is 0 Å². The number of hydrogen-bond donors (Lipinski definition) is 0. The Morgan fingerprint density at radius 2 is 1.62 bits per heavy atom. The summed E-state index contributed by atoms with van der Waals surface area (Å²) >= 11 is 0. The zero-order chi connectivity index (χ0) is 16.6. The summed E-state index contributed by atoms with van der Waals surface area (Å²) in [7, 11) is -2.50. The minimum Gasteiger partial charge on any atom is -0.375 e. The zero-order valence-corrected chi connectivity index (χ0v) is 13.3. The molecule has 0 N–H and O–H groups in total. The predicted octanol–water partition coefficient (Wildman–Crippen LogP) is 3.28. The second-order valence-electron chi connectivity index (χ2n) is 5.81. The van der Waals surface area contributed by atoms with Gasteiger partial charge in [-0.25, -0.2) is 0 Å². The highest BCUT2D eigenvalue weighted by Gasteiger charge is 2.48. The number of anilines is 1. The molecule has 1 rings (SSSR count). The molecule has 0 bridgehead atoms. The molecule has 1 aromatic carbocycles. The molecule has 0 radical (unpaired) electrons. The summed E-state index contributed by atoms with van der Waals surface area (Å²) in [5, 5.41) is 0. The Morgan fingerprint density at radius 1 is 1.10 bits per heavy atom. The quantitative estimate of drug-likeness (QED) is 0.632. The summed E-state index contributed by atoms with van der Waals surface area (Å²) in [6, 6.07) is 4.40. The third kappa shape index (κ3) is 4.03. The standard InChI is InChI=1S/C13H18F3NO3S/c1-12(2,3)9-6-7-11(10(8-9)17(4)5)20-21(18,19)13(14,15)16/h6-8H,1-5H3. The number of benzene rings is 1. The average molecular weight is 325 g/mol. The van der Waals surface area contributed by atoms with Crippen molar-refractivity contribution in [1.82, 2.24) is 0 Å². The van der Waals surface area contributed by atoms with Gasteiger partial charge in [-0.2, -0.15) is 21.6 Å². The molecule has 0 aliphatic rings. The summed E-state index contributed by atoms with van der Waals surface area (Å²) < 4.78 is 63.6. The van der Waals surface area contributed by atoms with Gasteiger partial charge in [-0.15, -0.1) is 0 Å². The van der Waals surface area contributed by atoms with Gasteiger partial charge in [0.25, 0.3) is 0 Å². The van der Waals surface area contributed by atoms with Crippen LogP contribution in [-0.2, 0) is 15.5 Å². The lowest BCUT2D eigenvalue weighted by atomic mass is 9.87. The summed E-state index contributed by atoms with van der Waals surface area (Å²) in [6.07, 6.45) is 0. The fourth-order valence-corrected chi connectivity index (χ4v) is 2.04. The Kier molecular flexibility index (Phi) is 4.53. The van der Waals surface area contributed by atoms with Gasteiger partial charge >= 0.3 is 15.6 Å². The summed E-state index contributed by atoms with van der Waals surface area (Å²) in [4.78, 5) is 1.50. The molecule has 0 atom stereocenters. The van der Waals surface area contributed by atoms with Gasteiger partial charge in [0.05, 0.1) is 5.69 Å². The molecule has 120 valence electrons. The summed E-state index contributed by atoms with van der Waals surface area (Å²) in [6.45, 7) is 5.82. The van der Waals surface area contributed by atoms with Crippen LogP contribution in [-0.4, -0.2) is 28.0 Å². The minimum absolute atomic E-state index is 0.230. The topological polar surface area (TPSA) is 46.6 Å². The van der Waals surface area contributed by atoms with Gasteiger partial charge in [0, 0.05) is 14.1 Å². The molecule has 0 aliphatic carbocycles. The lowest BCUT2D eigenvalue weighted by Crippen LogP contribution is -2.28. The van der Waals surface area contributed by atoms with Crippen molar-refractivity contribution >= 4 is 15.8 Å². The molecule has 0 spiro atoms. The number of rotatable bonds is 3. The highest BCUT2D eigenvalue weighted by molar-refractivity contribution is 7.88. The van der Waals surface area contributed by atoms with Crippen LogP contribution in [0, 0.1) is 0 Å². The molecule has 8 heteroatoms. The fourth-order valence-electron chi connectivity index (χ4n) is 1.57. The van der Waals surface area contributed by atoms with Gasteiger partial charge in [0.15, 0.2) is 5.75 Å². The van der Waals surface area contributed by atoms with Crippen molar-refractivity contribution < 1.29 is 25.8 Å². The number of halogens is 3. The normalized spacial score (nSPS) is 13.1. The van der Waals surface area contributed by atoms with E-state index in [1.807, 2.05) is 20.8 Å². The molecular formula is C13H18F3NO3S. The molecule has 0 saturated carbocycles. The Balaban J connectivity index is 3.33. The van der Waals surface area contributed by atoms with Crippen molar-refractivity contribution in [3.63, 3.8) is 0 Å². The van der Waals surface area contributed by atoms with Gasteiger partial charge in [-0.1, -0.05) is 26.8 Å². The maximum atomic E-state index is 12.4. The lowest BCUT2D eigenvalue weighted by molar-refractivity contribution is -0.0499. The van der Waals surface area contributed by atoms with Crippen LogP contribution in [0.25, 0.3) is 0 Å². The molecular weight excluding hydrogens is 307 g/mol. The van der Waals surface area contributed by atoms with Gasteiger partial charge in [-0.05, 0) is 23.1 Å². The van der Waals surface area contributed by atoms with Crippen LogP contribution >= 0.6 is 0 Å². The van der Waals surface area contributed by atoms with E-state index >= 15 is 0 Å². The summed E-state index contributed by atoms with van der Waals surface area (Å²) in [5.74, 6) is -0.356. The van der Waals surface area contributed by atoms with Gasteiger partial charge in [0.2, 0.25) is 0 Å². The van der Waals surface area contributed by atoms with E-state index in [1.165, 1.54) is 11.0 Å². The third-order valence-electron chi connectivity index (χ3n) is 2.79. The largest absolute Gasteiger partial charge is 0.534 e. The van der Waals surface area contributed by atoms with E-state index in [2.05, 4.69) is 4.18 Å². The smallest absolute Gasteiger partial charge is 0.375 e. The molecule has 21 heavy (non-hydrogen) atoms. The zero-order valence-electron chi connectivity index (χ0n) is 12.4. The highest BCUT2D eigenvalue weighted by atomic mass is 32.2. The number of hydrogen-bond acceptors (Lipinski definition) is 4. The maximum absolute atomic E-state index is 12.4. The van der Waals surface area contributed by atoms with E-state index in [0.29, 0.717) is 0 Å². The molecule has 0 aromatic heterocycles. The van der Waals surface area contributed by atoms with Crippen LogP contribution in [0.4, 0.5) is 18.9 Å². The number of nitrogens with zero attached hydrogens (tertiary/aromatic N) is 1. The van der Waals surface area contributed by atoms with E-state index < -0.39 is 15.6 Å². The Hall–Kier alpha value is -1.44. The molecule has 0 heterocycles. The molecule has 0 aliphatic heterocycles. The Morgan fingerprint density at radius 3 is 2.00 bits per heavy atom. The third-order valence-corrected chi connectivity index (χ3v) is 3.76. The fraction of sp³-hybridized carbons (Fsp3) is 0.538. The first-order valence-corrected chi connectivity index (χ1v) is 7.49. The Labute approximate surface area is 122 Å². The molecule has 0 saturated heterocycles. The predicted molar refractivity (Wildman–Crippen MR) is 75.1 cm³/mol. The van der Waals surface area contributed by atoms with Crippen LogP contribution in [0.3, 0.4) is 0 Å². The second-order valence-corrected chi connectivity index (χ2v) is 7.35. The van der Waals surface area contributed by atoms with Crippen LogP contribution in [0.15, 0.2) is 18.2 Å². The lowest BCUT2D eigenvalue weighted by Gasteiger charge is -2.24. The second kappa shape index (κ2) is 5.40. The van der Waals surface area contributed by atoms with Crippen LogP contribution in [0.1, 0.15) is 26.3 Å². The summed E-state index contributed by atoms with van der Waals surface area (Å²) in [5.41, 5.74) is -4.58. The van der Waals surface area contributed by atoms with Crippen molar-refractivity contribution in [3.05, 3.63) is 23.8 Å². The molecule has 0 fully saturated rings. The van der Waals surface area contributed by atoms with Crippen molar-refractivity contribution in [3.8, 4) is 5.75 Å². The first-order chi connectivity index (χ1) is 9.25. The van der Waals surface area contributed by atoms with E-state index in [1.54, 1.807) is 26.2 Å². The minimum atomic E-state index is -5.68. The number of alkyl halides is 3. The first-order valence-electron chi connectivity index (χ1n) is 6.08.